The minimum atomic E-state index is 0.738. The number of aryl methyl sites for hydroxylation is 1. The standard InChI is InChI=1S/C11H12Cl2N2/c1-14-6-9-8-5-7(12)3-4-10(8)15(2)11(9)13/h3-5,14H,6H2,1-2H3. The normalized spacial score (nSPS) is 11.2. The number of benzene rings is 1. The number of hydrogen-bond donors (Lipinski definition) is 1. The van der Waals surface area contributed by atoms with Crippen LogP contribution < -0.4 is 5.32 Å². The summed E-state index contributed by atoms with van der Waals surface area (Å²) in [4.78, 5) is 0. The Balaban J connectivity index is 2.76. The molecule has 4 heteroatoms. The van der Waals surface area contributed by atoms with Crippen molar-refractivity contribution in [3.8, 4) is 0 Å². The molecule has 0 saturated heterocycles. The van der Waals surface area contributed by atoms with Crippen molar-refractivity contribution >= 4 is 34.1 Å². The summed E-state index contributed by atoms with van der Waals surface area (Å²) in [7, 11) is 3.86. The van der Waals surface area contributed by atoms with Crippen LogP contribution in [0.3, 0.4) is 0 Å². The fourth-order valence-electron chi connectivity index (χ4n) is 1.81. The highest BCUT2D eigenvalue weighted by Crippen LogP contribution is 2.30. The van der Waals surface area contributed by atoms with Crippen molar-refractivity contribution < 1.29 is 0 Å². The van der Waals surface area contributed by atoms with E-state index in [1.165, 1.54) is 0 Å². The molecule has 15 heavy (non-hydrogen) atoms. The van der Waals surface area contributed by atoms with Gasteiger partial charge in [-0.3, -0.25) is 0 Å². The molecule has 2 rings (SSSR count). The quantitative estimate of drug-likeness (QED) is 0.856. The molecule has 1 N–H and O–H groups in total. The first-order valence-electron chi connectivity index (χ1n) is 4.72. The second kappa shape index (κ2) is 4.05. The summed E-state index contributed by atoms with van der Waals surface area (Å²) in [5.74, 6) is 0. The number of hydrogen-bond acceptors (Lipinski definition) is 1. The van der Waals surface area contributed by atoms with Crippen molar-refractivity contribution in [3.05, 3.63) is 33.9 Å². The maximum Gasteiger partial charge on any atom is 0.114 e. The second-order valence-electron chi connectivity index (χ2n) is 3.52. The van der Waals surface area contributed by atoms with E-state index in [0.29, 0.717) is 0 Å². The van der Waals surface area contributed by atoms with Gasteiger partial charge in [0.15, 0.2) is 0 Å². The highest BCUT2D eigenvalue weighted by Gasteiger charge is 2.12. The molecule has 0 unspecified atom stereocenters. The molecular formula is C11H12Cl2N2. The molecule has 0 fully saturated rings. The highest BCUT2D eigenvalue weighted by atomic mass is 35.5. The Morgan fingerprint density at radius 1 is 1.33 bits per heavy atom. The number of fused-ring (bicyclic) bond motifs is 1. The van der Waals surface area contributed by atoms with E-state index >= 15 is 0 Å². The third-order valence-electron chi connectivity index (χ3n) is 2.54. The van der Waals surface area contributed by atoms with E-state index in [1.54, 1.807) is 0 Å². The van der Waals surface area contributed by atoms with Gasteiger partial charge in [-0.1, -0.05) is 23.2 Å². The van der Waals surface area contributed by atoms with E-state index in [-0.39, 0.29) is 0 Å². The molecule has 2 aromatic rings. The molecule has 0 spiro atoms. The van der Waals surface area contributed by atoms with E-state index in [0.717, 1.165) is 33.2 Å². The summed E-state index contributed by atoms with van der Waals surface area (Å²) in [5, 5.41) is 5.73. The number of aromatic nitrogens is 1. The molecule has 0 aliphatic carbocycles. The Morgan fingerprint density at radius 3 is 2.73 bits per heavy atom. The van der Waals surface area contributed by atoms with Crippen molar-refractivity contribution in [1.29, 1.82) is 0 Å². The molecule has 0 atom stereocenters. The molecule has 0 aliphatic rings. The Labute approximate surface area is 98.8 Å². The maximum absolute atomic E-state index is 6.25. The largest absolute Gasteiger partial charge is 0.334 e. The van der Waals surface area contributed by atoms with Gasteiger partial charge in [-0.15, -0.1) is 0 Å². The summed E-state index contributed by atoms with van der Waals surface area (Å²) < 4.78 is 1.97. The molecule has 0 amide bonds. The van der Waals surface area contributed by atoms with Crippen molar-refractivity contribution in [3.63, 3.8) is 0 Å². The zero-order chi connectivity index (χ0) is 11.0. The molecule has 80 valence electrons. The monoisotopic (exact) mass is 242 g/mol. The molecule has 0 radical (unpaired) electrons. The van der Waals surface area contributed by atoms with E-state index in [1.807, 2.05) is 36.9 Å². The van der Waals surface area contributed by atoms with Crippen LogP contribution in [-0.2, 0) is 13.6 Å². The van der Waals surface area contributed by atoms with Crippen LogP contribution in [-0.4, -0.2) is 11.6 Å². The molecule has 2 nitrogen and oxygen atoms in total. The van der Waals surface area contributed by atoms with Crippen LogP contribution >= 0.6 is 23.2 Å². The molecule has 0 saturated carbocycles. The maximum atomic E-state index is 6.25. The summed E-state index contributed by atoms with van der Waals surface area (Å²) in [6, 6.07) is 5.82. The first-order chi connectivity index (χ1) is 7.15. The summed E-state index contributed by atoms with van der Waals surface area (Å²) >= 11 is 12.2. The zero-order valence-electron chi connectivity index (χ0n) is 8.64. The highest BCUT2D eigenvalue weighted by molar-refractivity contribution is 6.33. The Kier molecular flexibility index (Phi) is 2.91. The van der Waals surface area contributed by atoms with Crippen LogP contribution in [0.15, 0.2) is 18.2 Å². The minimum absolute atomic E-state index is 0.738. The predicted molar refractivity (Wildman–Crippen MR) is 65.7 cm³/mol. The van der Waals surface area contributed by atoms with Crippen LogP contribution in [0.4, 0.5) is 0 Å². The third kappa shape index (κ3) is 1.73. The number of nitrogens with one attached hydrogen (secondary N) is 1. The van der Waals surface area contributed by atoms with Crippen LogP contribution in [0.25, 0.3) is 10.9 Å². The average Bonchev–Trinajstić information content (AvgIpc) is 2.44. The van der Waals surface area contributed by atoms with Gasteiger partial charge in [0.05, 0.1) is 0 Å². The summed E-state index contributed by atoms with van der Waals surface area (Å²) in [6.07, 6.45) is 0. The van der Waals surface area contributed by atoms with Crippen molar-refractivity contribution in [1.82, 2.24) is 9.88 Å². The fraction of sp³-hybridized carbons (Fsp3) is 0.273. The molecule has 1 heterocycles. The van der Waals surface area contributed by atoms with E-state index in [4.69, 9.17) is 23.2 Å². The van der Waals surface area contributed by atoms with E-state index in [9.17, 15) is 0 Å². The summed E-state index contributed by atoms with van der Waals surface area (Å²) in [6.45, 7) is 0.747. The van der Waals surface area contributed by atoms with Crippen LogP contribution in [0.5, 0.6) is 0 Å². The lowest BCUT2D eigenvalue weighted by Crippen LogP contribution is -2.05. The minimum Gasteiger partial charge on any atom is -0.334 e. The third-order valence-corrected chi connectivity index (χ3v) is 3.26. The first kappa shape index (κ1) is 10.8. The number of nitrogens with zero attached hydrogens (tertiary/aromatic N) is 1. The lowest BCUT2D eigenvalue weighted by molar-refractivity contribution is 0.816. The van der Waals surface area contributed by atoms with E-state index in [2.05, 4.69) is 5.32 Å². The Morgan fingerprint density at radius 2 is 2.07 bits per heavy atom. The second-order valence-corrected chi connectivity index (χ2v) is 4.31. The molecule has 0 aliphatic heterocycles. The van der Waals surface area contributed by atoms with Gasteiger partial charge in [-0.25, -0.2) is 0 Å². The van der Waals surface area contributed by atoms with Crippen LogP contribution in [0, 0.1) is 0 Å². The average molecular weight is 243 g/mol. The van der Waals surface area contributed by atoms with Gasteiger partial charge >= 0.3 is 0 Å². The molecular weight excluding hydrogens is 231 g/mol. The van der Waals surface area contributed by atoms with Gasteiger partial charge in [-0.05, 0) is 25.2 Å². The first-order valence-corrected chi connectivity index (χ1v) is 5.47. The topological polar surface area (TPSA) is 17.0 Å². The number of halogens is 2. The smallest absolute Gasteiger partial charge is 0.114 e. The number of rotatable bonds is 2. The SMILES string of the molecule is CNCc1c(Cl)n(C)c2ccc(Cl)cc12. The lowest BCUT2D eigenvalue weighted by Gasteiger charge is -1.98. The van der Waals surface area contributed by atoms with Crippen LogP contribution in [0.1, 0.15) is 5.56 Å². The predicted octanol–water partition coefficient (Wildman–Crippen LogP) is 3.20. The van der Waals surface area contributed by atoms with Gasteiger partial charge in [0, 0.05) is 35.1 Å². The van der Waals surface area contributed by atoms with Gasteiger partial charge in [0.2, 0.25) is 0 Å². The van der Waals surface area contributed by atoms with Gasteiger partial charge in [0.25, 0.3) is 0 Å². The van der Waals surface area contributed by atoms with Crippen molar-refractivity contribution in [2.75, 3.05) is 7.05 Å². The van der Waals surface area contributed by atoms with E-state index < -0.39 is 0 Å². The van der Waals surface area contributed by atoms with Gasteiger partial charge < -0.3 is 9.88 Å². The molecule has 0 bridgehead atoms. The summed E-state index contributed by atoms with van der Waals surface area (Å²) in [5.41, 5.74) is 2.20. The zero-order valence-corrected chi connectivity index (χ0v) is 10.2. The van der Waals surface area contributed by atoms with Gasteiger partial charge in [-0.2, -0.15) is 0 Å². The fourth-order valence-corrected chi connectivity index (χ4v) is 2.24. The van der Waals surface area contributed by atoms with Crippen LogP contribution in [0.2, 0.25) is 10.2 Å². The Bertz CT molecular complexity index is 503. The Hall–Kier alpha value is -0.700. The van der Waals surface area contributed by atoms with Crippen molar-refractivity contribution in [2.45, 2.75) is 6.54 Å². The van der Waals surface area contributed by atoms with Crippen molar-refractivity contribution in [2.24, 2.45) is 7.05 Å². The van der Waals surface area contributed by atoms with Gasteiger partial charge in [0.1, 0.15) is 5.15 Å². The lowest BCUT2D eigenvalue weighted by atomic mass is 10.2. The molecule has 1 aromatic carbocycles. The molecule has 1 aromatic heterocycles.